The van der Waals surface area contributed by atoms with Crippen LogP contribution in [0.4, 0.5) is 5.69 Å². The molecule has 1 aromatic heterocycles. The van der Waals surface area contributed by atoms with E-state index in [9.17, 15) is 9.59 Å². The van der Waals surface area contributed by atoms with Gasteiger partial charge in [-0.05, 0) is 44.4 Å². The minimum absolute atomic E-state index is 0.0811. The normalized spacial score (nSPS) is 21.1. The lowest BCUT2D eigenvalue weighted by Crippen LogP contribution is -2.50. The van der Waals surface area contributed by atoms with Crippen molar-refractivity contribution in [3.8, 4) is 0 Å². The van der Waals surface area contributed by atoms with E-state index in [1.165, 1.54) is 0 Å². The molecule has 7 heteroatoms. The van der Waals surface area contributed by atoms with Gasteiger partial charge in [0.2, 0.25) is 0 Å². The number of nitrogens with zero attached hydrogens (tertiary/aromatic N) is 2. The summed E-state index contributed by atoms with van der Waals surface area (Å²) < 4.78 is 5.47. The Bertz CT molecular complexity index is 1070. The van der Waals surface area contributed by atoms with Crippen molar-refractivity contribution in [3.05, 3.63) is 52.3 Å². The summed E-state index contributed by atoms with van der Waals surface area (Å²) in [5, 5.41) is 2.91. The fraction of sp³-hybridized carbons (Fsp3) is 0.440. The van der Waals surface area contributed by atoms with Gasteiger partial charge >= 0.3 is 0 Å². The van der Waals surface area contributed by atoms with Crippen molar-refractivity contribution < 1.29 is 14.3 Å². The first kappa shape index (κ1) is 21.0. The number of benzene rings is 1. The van der Waals surface area contributed by atoms with Gasteiger partial charge in [0.1, 0.15) is 0 Å². The molecule has 3 aliphatic rings. The number of amides is 2. The molecule has 2 N–H and O–H groups in total. The summed E-state index contributed by atoms with van der Waals surface area (Å²) in [6.45, 7) is 9.04. The van der Waals surface area contributed by atoms with Gasteiger partial charge in [-0.3, -0.25) is 14.5 Å². The molecular weight excluding hydrogens is 404 g/mol. The second-order valence-corrected chi connectivity index (χ2v) is 8.89. The van der Waals surface area contributed by atoms with Gasteiger partial charge < -0.3 is 19.9 Å². The third kappa shape index (κ3) is 3.76. The number of anilines is 1. The van der Waals surface area contributed by atoms with Crippen LogP contribution >= 0.6 is 0 Å². The molecule has 0 saturated carbocycles. The summed E-state index contributed by atoms with van der Waals surface area (Å²) in [6, 6.07) is 8.21. The number of H-pyrrole nitrogens is 1. The van der Waals surface area contributed by atoms with Crippen LogP contribution in [0.25, 0.3) is 11.6 Å². The molecule has 4 heterocycles. The van der Waals surface area contributed by atoms with Crippen molar-refractivity contribution >= 4 is 29.2 Å². The first-order chi connectivity index (χ1) is 15.5. The van der Waals surface area contributed by atoms with Crippen LogP contribution in [0.2, 0.25) is 0 Å². The van der Waals surface area contributed by atoms with Gasteiger partial charge in [0.05, 0.1) is 24.4 Å². The van der Waals surface area contributed by atoms with Gasteiger partial charge in [0.25, 0.3) is 11.8 Å². The minimum Gasteiger partial charge on any atom is -0.379 e. The van der Waals surface area contributed by atoms with Crippen LogP contribution in [0.15, 0.2) is 24.3 Å². The highest BCUT2D eigenvalue weighted by Crippen LogP contribution is 2.34. The van der Waals surface area contributed by atoms with E-state index in [4.69, 9.17) is 4.74 Å². The number of hydrogen-bond acceptors (Lipinski definition) is 4. The molecule has 0 unspecified atom stereocenters. The lowest BCUT2D eigenvalue weighted by atomic mass is 10.0. The zero-order valence-electron chi connectivity index (χ0n) is 18.7. The van der Waals surface area contributed by atoms with Crippen LogP contribution in [0.1, 0.15) is 45.7 Å². The van der Waals surface area contributed by atoms with Crippen molar-refractivity contribution in [2.45, 2.75) is 32.7 Å². The summed E-state index contributed by atoms with van der Waals surface area (Å²) in [7, 11) is 0. The van der Waals surface area contributed by atoms with Crippen LogP contribution in [0.3, 0.4) is 0 Å². The predicted molar refractivity (Wildman–Crippen MR) is 125 cm³/mol. The summed E-state index contributed by atoms with van der Waals surface area (Å²) in [6.07, 6.45) is 3.87. The third-order valence-electron chi connectivity index (χ3n) is 7.00. The van der Waals surface area contributed by atoms with E-state index in [0.29, 0.717) is 11.6 Å². The number of nitrogens with one attached hydrogen (secondary N) is 2. The quantitative estimate of drug-likeness (QED) is 0.728. The summed E-state index contributed by atoms with van der Waals surface area (Å²) in [4.78, 5) is 33.7. The second-order valence-electron chi connectivity index (χ2n) is 8.89. The Hall–Kier alpha value is -2.90. The molecule has 2 amide bonds. The number of aromatic nitrogens is 1. The lowest BCUT2D eigenvalue weighted by Gasteiger charge is -2.40. The molecule has 5 rings (SSSR count). The second kappa shape index (κ2) is 8.56. The van der Waals surface area contributed by atoms with Gasteiger partial charge in [-0.1, -0.05) is 18.2 Å². The van der Waals surface area contributed by atoms with Gasteiger partial charge in [-0.25, -0.2) is 0 Å². The topological polar surface area (TPSA) is 77.7 Å². The molecule has 2 aromatic rings. The summed E-state index contributed by atoms with van der Waals surface area (Å²) >= 11 is 0. The van der Waals surface area contributed by atoms with Crippen LogP contribution in [-0.2, 0) is 9.53 Å². The Morgan fingerprint density at radius 1 is 1.09 bits per heavy atom. The van der Waals surface area contributed by atoms with Crippen molar-refractivity contribution in [1.82, 2.24) is 14.8 Å². The number of hydrogen-bond donors (Lipinski definition) is 2. The SMILES string of the molecule is Cc1[nH]c(/C=C2\C(=O)Nc3ccccc32)c(C)c1C(=O)N1CCC(N2CCOCC2)CC1. The number of fused-ring (bicyclic) bond motifs is 1. The van der Waals surface area contributed by atoms with E-state index in [-0.39, 0.29) is 11.8 Å². The summed E-state index contributed by atoms with van der Waals surface area (Å²) in [5.74, 6) is -0.0338. The molecule has 0 spiro atoms. The molecule has 32 heavy (non-hydrogen) atoms. The van der Waals surface area contributed by atoms with Crippen LogP contribution in [0, 0.1) is 13.8 Å². The number of carbonyl (C=O) groups excluding carboxylic acids is 2. The summed E-state index contributed by atoms with van der Waals surface area (Å²) in [5.41, 5.74) is 5.62. The number of piperidine rings is 1. The van der Waals surface area contributed by atoms with E-state index in [2.05, 4.69) is 15.2 Å². The fourth-order valence-corrected chi connectivity index (χ4v) is 5.20. The molecule has 168 valence electrons. The lowest BCUT2D eigenvalue weighted by molar-refractivity contribution is -0.110. The maximum atomic E-state index is 13.4. The van der Waals surface area contributed by atoms with Crippen molar-refractivity contribution in [2.24, 2.45) is 0 Å². The van der Waals surface area contributed by atoms with Crippen molar-refractivity contribution in [2.75, 3.05) is 44.7 Å². The van der Waals surface area contributed by atoms with Crippen LogP contribution in [-0.4, -0.2) is 72.0 Å². The largest absolute Gasteiger partial charge is 0.379 e. The van der Waals surface area contributed by atoms with E-state index in [0.717, 1.165) is 86.0 Å². The zero-order valence-corrected chi connectivity index (χ0v) is 18.7. The number of likely N-dealkylation sites (tertiary alicyclic amines) is 1. The number of rotatable bonds is 3. The van der Waals surface area contributed by atoms with Gasteiger partial charge in [0, 0.05) is 54.9 Å². The molecule has 2 saturated heterocycles. The molecule has 7 nitrogen and oxygen atoms in total. The average molecular weight is 435 g/mol. The number of ether oxygens (including phenoxy) is 1. The molecule has 0 bridgehead atoms. The first-order valence-corrected chi connectivity index (χ1v) is 11.5. The maximum Gasteiger partial charge on any atom is 0.256 e. The van der Waals surface area contributed by atoms with Gasteiger partial charge in [0.15, 0.2) is 0 Å². The molecular formula is C25H30N4O3. The van der Waals surface area contributed by atoms with Crippen molar-refractivity contribution in [3.63, 3.8) is 0 Å². The van der Waals surface area contributed by atoms with Crippen molar-refractivity contribution in [1.29, 1.82) is 0 Å². The molecule has 0 aliphatic carbocycles. The van der Waals surface area contributed by atoms with Gasteiger partial charge in [-0.2, -0.15) is 0 Å². The standard InChI is InChI=1S/C25H30N4O3/c1-16-22(15-20-19-5-3-4-6-21(19)27-24(20)30)26-17(2)23(16)25(31)29-9-7-18(8-10-29)28-11-13-32-14-12-28/h3-6,15,18,26H,7-14H2,1-2H3,(H,27,30)/b20-15-. The highest BCUT2D eigenvalue weighted by atomic mass is 16.5. The third-order valence-corrected chi connectivity index (χ3v) is 7.00. The first-order valence-electron chi connectivity index (χ1n) is 11.5. The highest BCUT2D eigenvalue weighted by Gasteiger charge is 2.31. The number of aryl methyl sites for hydroxylation is 1. The van der Waals surface area contributed by atoms with Crippen LogP contribution in [0.5, 0.6) is 0 Å². The monoisotopic (exact) mass is 434 g/mol. The minimum atomic E-state index is -0.115. The van der Waals surface area contributed by atoms with E-state index in [1.807, 2.05) is 49.1 Å². The Labute approximate surface area is 188 Å². The Kier molecular flexibility index (Phi) is 5.61. The Balaban J connectivity index is 1.34. The molecule has 0 radical (unpaired) electrons. The number of aromatic amines is 1. The number of morpholine rings is 1. The molecule has 2 fully saturated rings. The fourth-order valence-electron chi connectivity index (χ4n) is 5.20. The van der Waals surface area contributed by atoms with E-state index in [1.54, 1.807) is 0 Å². The predicted octanol–water partition coefficient (Wildman–Crippen LogP) is 3.06. The maximum absolute atomic E-state index is 13.4. The number of para-hydroxylation sites is 1. The van der Waals surface area contributed by atoms with Gasteiger partial charge in [-0.15, -0.1) is 0 Å². The average Bonchev–Trinajstić information content (AvgIpc) is 3.29. The van der Waals surface area contributed by atoms with Crippen LogP contribution < -0.4 is 5.32 Å². The van der Waals surface area contributed by atoms with E-state index >= 15 is 0 Å². The number of carbonyl (C=O) groups is 2. The Morgan fingerprint density at radius 3 is 2.56 bits per heavy atom. The molecule has 1 aromatic carbocycles. The smallest absolute Gasteiger partial charge is 0.256 e. The molecule has 3 aliphatic heterocycles. The Morgan fingerprint density at radius 2 is 1.81 bits per heavy atom. The van der Waals surface area contributed by atoms with E-state index < -0.39 is 0 Å². The highest BCUT2D eigenvalue weighted by molar-refractivity contribution is 6.34. The zero-order chi connectivity index (χ0) is 22.2. The molecule has 0 atom stereocenters.